The number of hydrogen-bond donors (Lipinski definition) is 2. The minimum absolute atomic E-state index is 0.0597. The van der Waals surface area contributed by atoms with E-state index < -0.39 is 24.5 Å². The van der Waals surface area contributed by atoms with E-state index >= 15 is 0 Å². The number of benzene rings is 1. The van der Waals surface area contributed by atoms with Crippen molar-refractivity contribution in [2.24, 2.45) is 29.1 Å². The molecule has 3 nitrogen and oxygen atoms in total. The van der Waals surface area contributed by atoms with Crippen molar-refractivity contribution in [3.8, 4) is 0 Å². The van der Waals surface area contributed by atoms with E-state index in [9.17, 15) is 18.0 Å². The second-order valence-electron chi connectivity index (χ2n) is 14.6. The summed E-state index contributed by atoms with van der Waals surface area (Å²) in [5.41, 5.74) is 5.01. The van der Waals surface area contributed by atoms with Gasteiger partial charge >= 0.3 is 6.18 Å². The summed E-state index contributed by atoms with van der Waals surface area (Å²) in [6.07, 6.45) is 5.21. The molecule has 2 N–H and O–H groups in total. The fourth-order valence-corrected chi connectivity index (χ4v) is 7.64. The highest BCUT2D eigenvalue weighted by molar-refractivity contribution is 6.33. The Morgan fingerprint density at radius 1 is 1.19 bits per heavy atom. The van der Waals surface area contributed by atoms with Gasteiger partial charge in [0.2, 0.25) is 0 Å². The molecular formula is C36H46ClF3N2O. The Hall–Kier alpha value is -2.47. The van der Waals surface area contributed by atoms with Crippen LogP contribution in [0.4, 0.5) is 18.9 Å². The SMILES string of the molecule is C=C(CNc1cc([C@]2(C(=C)C3(C)CC3)C[C@@H](C)C2)ccc1Cl)C1=CC(CC2CC2CC(C)C)=CC(CC(F)(F)F)NC1=O. The van der Waals surface area contributed by atoms with Crippen molar-refractivity contribution < 1.29 is 18.0 Å². The third kappa shape index (κ3) is 7.27. The number of halogens is 4. The Morgan fingerprint density at radius 2 is 1.88 bits per heavy atom. The first kappa shape index (κ1) is 31.9. The first-order chi connectivity index (χ1) is 20.1. The molecular weight excluding hydrogens is 569 g/mol. The Labute approximate surface area is 260 Å². The van der Waals surface area contributed by atoms with Crippen LogP contribution >= 0.6 is 11.6 Å². The average Bonchev–Trinajstić information content (AvgIpc) is 3.81. The van der Waals surface area contributed by atoms with Crippen LogP contribution in [0.3, 0.4) is 0 Å². The molecule has 7 heteroatoms. The molecule has 1 aliphatic heterocycles. The van der Waals surface area contributed by atoms with E-state index in [-0.39, 0.29) is 17.4 Å². The summed E-state index contributed by atoms with van der Waals surface area (Å²) in [6, 6.07) is 5.02. The maximum absolute atomic E-state index is 13.4. The summed E-state index contributed by atoms with van der Waals surface area (Å²) in [5, 5.41) is 6.54. The van der Waals surface area contributed by atoms with Crippen LogP contribution < -0.4 is 10.6 Å². The number of rotatable bonds is 12. The van der Waals surface area contributed by atoms with E-state index in [1.165, 1.54) is 24.0 Å². The summed E-state index contributed by atoms with van der Waals surface area (Å²) in [4.78, 5) is 13.2. The number of hydrogen-bond acceptors (Lipinski definition) is 2. The van der Waals surface area contributed by atoms with Crippen molar-refractivity contribution in [2.45, 2.75) is 96.7 Å². The molecule has 3 atom stereocenters. The molecule has 0 bridgehead atoms. The summed E-state index contributed by atoms with van der Waals surface area (Å²) in [6.45, 7) is 18.0. The van der Waals surface area contributed by atoms with E-state index in [2.05, 4.69) is 63.6 Å². The van der Waals surface area contributed by atoms with Crippen molar-refractivity contribution in [1.82, 2.24) is 5.32 Å². The monoisotopic (exact) mass is 614 g/mol. The fraction of sp³-hybridized carbons (Fsp3) is 0.583. The van der Waals surface area contributed by atoms with Gasteiger partial charge < -0.3 is 10.6 Å². The van der Waals surface area contributed by atoms with Crippen molar-refractivity contribution in [3.63, 3.8) is 0 Å². The van der Waals surface area contributed by atoms with Gasteiger partial charge in [0.25, 0.3) is 5.91 Å². The molecule has 1 heterocycles. The third-order valence-electron chi connectivity index (χ3n) is 10.2. The van der Waals surface area contributed by atoms with Gasteiger partial charge in [-0.25, -0.2) is 0 Å². The minimum Gasteiger partial charge on any atom is -0.380 e. The Kier molecular flexibility index (Phi) is 8.76. The van der Waals surface area contributed by atoms with Crippen LogP contribution in [-0.2, 0) is 10.2 Å². The zero-order valence-electron chi connectivity index (χ0n) is 26.0. The van der Waals surface area contributed by atoms with Crippen LogP contribution in [0.5, 0.6) is 0 Å². The number of alkyl halides is 3. The van der Waals surface area contributed by atoms with Gasteiger partial charge in [0.1, 0.15) is 0 Å². The maximum atomic E-state index is 13.4. The lowest BCUT2D eigenvalue weighted by molar-refractivity contribution is -0.139. The molecule has 1 aromatic rings. The zero-order valence-corrected chi connectivity index (χ0v) is 26.7. The van der Waals surface area contributed by atoms with Gasteiger partial charge in [-0.3, -0.25) is 4.79 Å². The smallest absolute Gasteiger partial charge is 0.380 e. The maximum Gasteiger partial charge on any atom is 0.391 e. The summed E-state index contributed by atoms with van der Waals surface area (Å²) >= 11 is 6.64. The number of anilines is 1. The second kappa shape index (κ2) is 11.8. The molecule has 4 aliphatic rings. The van der Waals surface area contributed by atoms with Gasteiger partial charge in [-0.15, -0.1) is 0 Å². The Morgan fingerprint density at radius 3 is 2.49 bits per heavy atom. The molecule has 0 aromatic heterocycles. The Bertz CT molecular complexity index is 1350. The van der Waals surface area contributed by atoms with E-state index in [1.807, 2.05) is 6.07 Å². The van der Waals surface area contributed by atoms with Gasteiger partial charge in [-0.05, 0) is 109 Å². The largest absolute Gasteiger partial charge is 0.391 e. The Balaban J connectivity index is 1.32. The highest BCUT2D eigenvalue weighted by Gasteiger charge is 2.54. The van der Waals surface area contributed by atoms with E-state index in [4.69, 9.17) is 11.6 Å². The quantitative estimate of drug-likeness (QED) is 0.230. The second-order valence-corrected chi connectivity index (χ2v) is 15.0. The molecule has 1 amide bonds. The van der Waals surface area contributed by atoms with E-state index in [0.717, 1.165) is 36.9 Å². The first-order valence-electron chi connectivity index (χ1n) is 15.8. The van der Waals surface area contributed by atoms with Crippen LogP contribution in [0.1, 0.15) is 84.6 Å². The molecule has 3 aliphatic carbocycles. The lowest BCUT2D eigenvalue weighted by atomic mass is 9.53. The van der Waals surface area contributed by atoms with Crippen LogP contribution in [0, 0.1) is 29.1 Å². The standard InChI is InChI=1S/C36H46ClF3N2O/c1-21(2)11-26-15-27(26)12-25-13-29(19-36(38,39)40)42-33(43)30(14-25)23(4)20-41-32-16-28(7-8-31(32)37)35(17-22(3)18-35)24(5)34(6)9-10-34/h7-8,13-14,16,21-22,26-27,29,41H,4-5,9-12,15,17-20H2,1-3,6H3,(H,42,43)/t22-,26?,27?,29?,35-. The number of allylic oxidation sites excluding steroid dienone is 3. The fourth-order valence-electron chi connectivity index (χ4n) is 7.46. The highest BCUT2D eigenvalue weighted by Crippen LogP contribution is 2.63. The number of amides is 1. The third-order valence-corrected chi connectivity index (χ3v) is 10.5. The molecule has 0 spiro atoms. The molecule has 3 saturated carbocycles. The van der Waals surface area contributed by atoms with Crippen molar-refractivity contribution in [3.05, 3.63) is 76.4 Å². The highest BCUT2D eigenvalue weighted by atomic mass is 35.5. The van der Waals surface area contributed by atoms with Gasteiger partial charge in [-0.2, -0.15) is 13.2 Å². The van der Waals surface area contributed by atoms with Crippen LogP contribution in [0.25, 0.3) is 0 Å². The van der Waals surface area contributed by atoms with Crippen molar-refractivity contribution in [2.75, 3.05) is 11.9 Å². The van der Waals surface area contributed by atoms with Gasteiger partial charge in [0.15, 0.2) is 0 Å². The molecule has 0 radical (unpaired) electrons. The predicted octanol–water partition coefficient (Wildman–Crippen LogP) is 9.71. The van der Waals surface area contributed by atoms with Gasteiger partial charge in [-0.1, -0.05) is 70.2 Å². The van der Waals surface area contributed by atoms with Gasteiger partial charge in [0.05, 0.1) is 23.2 Å². The molecule has 3 fully saturated rings. The molecule has 5 rings (SSSR count). The number of carbonyl (C=O) groups is 1. The number of carbonyl (C=O) groups excluding carboxylic acids is 1. The normalized spacial score (nSPS) is 29.6. The van der Waals surface area contributed by atoms with E-state index in [0.29, 0.717) is 46.3 Å². The number of nitrogens with one attached hydrogen (secondary N) is 2. The van der Waals surface area contributed by atoms with Crippen LogP contribution in [-0.4, -0.2) is 24.7 Å². The molecule has 3 unspecified atom stereocenters. The van der Waals surface area contributed by atoms with Crippen molar-refractivity contribution >= 4 is 23.2 Å². The lowest BCUT2D eigenvalue weighted by Crippen LogP contribution is -2.43. The van der Waals surface area contributed by atoms with E-state index in [1.54, 1.807) is 12.2 Å². The van der Waals surface area contributed by atoms with Crippen LogP contribution in [0.2, 0.25) is 5.02 Å². The lowest BCUT2D eigenvalue weighted by Gasteiger charge is -2.50. The topological polar surface area (TPSA) is 41.1 Å². The molecule has 234 valence electrons. The molecule has 1 aromatic carbocycles. The summed E-state index contributed by atoms with van der Waals surface area (Å²) in [7, 11) is 0. The predicted molar refractivity (Wildman–Crippen MR) is 170 cm³/mol. The molecule has 0 saturated heterocycles. The van der Waals surface area contributed by atoms with Crippen molar-refractivity contribution in [1.29, 1.82) is 0 Å². The van der Waals surface area contributed by atoms with Gasteiger partial charge in [0, 0.05) is 17.5 Å². The zero-order chi connectivity index (χ0) is 31.3. The van der Waals surface area contributed by atoms with Crippen LogP contribution in [0.15, 0.2) is 65.8 Å². The summed E-state index contributed by atoms with van der Waals surface area (Å²) < 4.78 is 40.1. The molecule has 43 heavy (non-hydrogen) atoms. The summed E-state index contributed by atoms with van der Waals surface area (Å²) in [5.74, 6) is 1.71. The first-order valence-corrected chi connectivity index (χ1v) is 16.2. The minimum atomic E-state index is -4.39. The average molecular weight is 615 g/mol.